The first kappa shape index (κ1) is 7.97. The molecule has 2 heterocycles. The van der Waals surface area contributed by atoms with Crippen molar-refractivity contribution in [1.29, 1.82) is 0 Å². The van der Waals surface area contributed by atoms with Gasteiger partial charge in [-0.15, -0.1) is 0 Å². The van der Waals surface area contributed by atoms with Crippen LogP contribution in [0, 0.1) is 0 Å². The Balaban J connectivity index is 2.61. The van der Waals surface area contributed by atoms with Gasteiger partial charge in [-0.3, -0.25) is 0 Å². The molecule has 0 aliphatic carbocycles. The molecule has 3 aromatic rings. The van der Waals surface area contributed by atoms with Gasteiger partial charge in [0.15, 0.2) is 0 Å². The third kappa shape index (κ3) is 0.983. The predicted molar refractivity (Wildman–Crippen MR) is 56.3 cm³/mol. The minimum atomic E-state index is 0.340. The quantitative estimate of drug-likeness (QED) is 0.468. The van der Waals surface area contributed by atoms with E-state index in [0.717, 1.165) is 11.3 Å². The summed E-state index contributed by atoms with van der Waals surface area (Å²) in [7, 11) is 0. The molecule has 0 spiro atoms. The maximum absolute atomic E-state index is 5.84. The first-order valence-electron chi connectivity index (χ1n) is 4.28. The molecule has 3 rings (SSSR count). The maximum atomic E-state index is 5.84. The number of benzene rings is 1. The molecule has 0 atom stereocenters. The van der Waals surface area contributed by atoms with Crippen LogP contribution in [0.3, 0.4) is 0 Å². The summed E-state index contributed by atoms with van der Waals surface area (Å²) in [6.07, 6.45) is 1.80. The van der Waals surface area contributed by atoms with Crippen LogP contribution in [0.15, 0.2) is 35.5 Å². The zero-order valence-corrected chi connectivity index (χ0v) is 9.06. The SMILES string of the molecule is Nc1c[se]c2c3ccccc3nc[n+]12. The van der Waals surface area contributed by atoms with E-state index < -0.39 is 0 Å². The summed E-state index contributed by atoms with van der Waals surface area (Å²) in [4.78, 5) is 6.44. The van der Waals surface area contributed by atoms with Gasteiger partial charge in [0.2, 0.25) is 0 Å². The molecule has 0 radical (unpaired) electrons. The van der Waals surface area contributed by atoms with Crippen LogP contribution in [0.25, 0.3) is 15.3 Å². The van der Waals surface area contributed by atoms with Gasteiger partial charge < -0.3 is 0 Å². The van der Waals surface area contributed by atoms with Gasteiger partial charge in [-0.2, -0.15) is 0 Å². The Bertz CT molecular complexity index is 615. The molecule has 0 amide bonds. The second kappa shape index (κ2) is 2.80. The fraction of sp³-hybridized carbons (Fsp3) is 0. The summed E-state index contributed by atoms with van der Waals surface area (Å²) >= 11 is 0.340. The van der Waals surface area contributed by atoms with Gasteiger partial charge in [-0.25, -0.2) is 0 Å². The van der Waals surface area contributed by atoms with Gasteiger partial charge in [0.05, 0.1) is 0 Å². The first-order valence-corrected chi connectivity index (χ1v) is 6.13. The first-order chi connectivity index (χ1) is 6.86. The van der Waals surface area contributed by atoms with Crippen molar-refractivity contribution in [3.63, 3.8) is 0 Å². The topological polar surface area (TPSA) is 43.0 Å². The van der Waals surface area contributed by atoms with Gasteiger partial charge in [0.1, 0.15) is 0 Å². The van der Waals surface area contributed by atoms with Crippen molar-refractivity contribution in [2.45, 2.75) is 0 Å². The van der Waals surface area contributed by atoms with Crippen LogP contribution in [0.4, 0.5) is 5.82 Å². The molecule has 0 aliphatic rings. The molecule has 0 bridgehead atoms. The molecule has 0 aliphatic heterocycles. The van der Waals surface area contributed by atoms with Crippen molar-refractivity contribution >= 4 is 35.6 Å². The fourth-order valence-corrected chi connectivity index (χ4v) is 3.46. The van der Waals surface area contributed by atoms with Gasteiger partial charge >= 0.3 is 86.3 Å². The number of fused-ring (bicyclic) bond motifs is 3. The van der Waals surface area contributed by atoms with Crippen LogP contribution in [-0.4, -0.2) is 19.5 Å². The van der Waals surface area contributed by atoms with Gasteiger partial charge in [-0.1, -0.05) is 0 Å². The Kier molecular flexibility index (Phi) is 1.60. The standard InChI is InChI=1S/C10H8N3Se/c11-9-5-14-10-7-3-1-2-4-8(7)12-6-13(9)10/h1-6H,11H2/q+1. The molecule has 14 heavy (non-hydrogen) atoms. The van der Waals surface area contributed by atoms with Crippen molar-refractivity contribution in [3.05, 3.63) is 35.5 Å². The average molecular weight is 249 g/mol. The molecule has 68 valence electrons. The van der Waals surface area contributed by atoms with Gasteiger partial charge in [0.25, 0.3) is 0 Å². The van der Waals surface area contributed by atoms with Crippen LogP contribution in [0.1, 0.15) is 0 Å². The van der Waals surface area contributed by atoms with Gasteiger partial charge in [-0.05, 0) is 0 Å². The predicted octanol–water partition coefficient (Wildman–Crippen LogP) is 0.613. The minimum absolute atomic E-state index is 0.340. The summed E-state index contributed by atoms with van der Waals surface area (Å²) in [5.41, 5.74) is 6.88. The Morgan fingerprint density at radius 3 is 3.07 bits per heavy atom. The number of rotatable bonds is 0. The zero-order chi connectivity index (χ0) is 9.54. The normalized spacial score (nSPS) is 11.1. The molecular weight excluding hydrogens is 241 g/mol. The third-order valence-electron chi connectivity index (χ3n) is 2.24. The average Bonchev–Trinajstić information content (AvgIpc) is 2.61. The fourth-order valence-electron chi connectivity index (χ4n) is 1.55. The Hall–Kier alpha value is -1.38. The Morgan fingerprint density at radius 1 is 1.29 bits per heavy atom. The number of aromatic nitrogens is 2. The van der Waals surface area contributed by atoms with Crippen LogP contribution in [0.5, 0.6) is 0 Å². The summed E-state index contributed by atoms with van der Waals surface area (Å²) in [6.45, 7) is 0. The molecule has 0 saturated heterocycles. The number of hydrogen-bond donors (Lipinski definition) is 1. The van der Waals surface area contributed by atoms with E-state index in [2.05, 4.69) is 16.0 Å². The molecule has 2 N–H and O–H groups in total. The molecule has 2 aromatic heterocycles. The molecule has 4 heteroatoms. The molecule has 0 saturated carbocycles. The van der Waals surface area contributed by atoms with E-state index in [0.29, 0.717) is 14.5 Å². The number of nitrogens with zero attached hydrogens (tertiary/aromatic N) is 2. The number of hydrogen-bond acceptors (Lipinski definition) is 2. The summed E-state index contributed by atoms with van der Waals surface area (Å²) in [5, 5.41) is 1.21. The molecule has 3 nitrogen and oxygen atoms in total. The second-order valence-corrected chi connectivity index (χ2v) is 4.90. The van der Waals surface area contributed by atoms with E-state index in [9.17, 15) is 0 Å². The van der Waals surface area contributed by atoms with Crippen LogP contribution < -0.4 is 10.1 Å². The molecule has 1 aromatic carbocycles. The number of nitrogens with two attached hydrogens (primary N) is 1. The zero-order valence-electron chi connectivity index (χ0n) is 7.34. The van der Waals surface area contributed by atoms with Crippen molar-refractivity contribution < 1.29 is 4.40 Å². The van der Waals surface area contributed by atoms with Crippen molar-refractivity contribution in [2.75, 3.05) is 5.73 Å². The van der Waals surface area contributed by atoms with E-state index in [1.54, 1.807) is 6.33 Å². The van der Waals surface area contributed by atoms with Crippen molar-refractivity contribution in [1.82, 2.24) is 4.98 Å². The van der Waals surface area contributed by atoms with Crippen molar-refractivity contribution in [3.8, 4) is 0 Å². The van der Waals surface area contributed by atoms with Crippen LogP contribution in [-0.2, 0) is 0 Å². The van der Waals surface area contributed by atoms with Crippen LogP contribution >= 0.6 is 0 Å². The van der Waals surface area contributed by atoms with Gasteiger partial charge in [0, 0.05) is 0 Å². The Labute approximate surface area is 86.6 Å². The van der Waals surface area contributed by atoms with E-state index in [1.807, 2.05) is 22.6 Å². The van der Waals surface area contributed by atoms with E-state index in [4.69, 9.17) is 5.73 Å². The molecular formula is C10H8N3Se+. The Morgan fingerprint density at radius 2 is 2.14 bits per heavy atom. The van der Waals surface area contributed by atoms with E-state index in [-0.39, 0.29) is 0 Å². The van der Waals surface area contributed by atoms with Crippen LogP contribution in [0.2, 0.25) is 0 Å². The summed E-state index contributed by atoms with van der Waals surface area (Å²) in [5.74, 6) is 0.804. The van der Waals surface area contributed by atoms with Crippen molar-refractivity contribution in [2.24, 2.45) is 0 Å². The molecule has 0 fully saturated rings. The molecule has 0 unspecified atom stereocenters. The van der Waals surface area contributed by atoms with E-state index in [1.165, 1.54) is 9.78 Å². The second-order valence-electron chi connectivity index (χ2n) is 3.10. The summed E-state index contributed by atoms with van der Waals surface area (Å²) < 4.78 is 3.27. The third-order valence-corrected chi connectivity index (χ3v) is 4.33. The number of nitrogen functional groups attached to an aromatic ring is 1. The summed E-state index contributed by atoms with van der Waals surface area (Å²) in [6, 6.07) is 8.17. The monoisotopic (exact) mass is 250 g/mol. The van der Waals surface area contributed by atoms with E-state index >= 15 is 0 Å². The number of para-hydroxylation sites is 1. The number of anilines is 1.